The van der Waals surface area contributed by atoms with Gasteiger partial charge >= 0.3 is 0 Å². The lowest BCUT2D eigenvalue weighted by molar-refractivity contribution is -0.380. The lowest BCUT2D eigenvalue weighted by Crippen LogP contribution is -2.55. The molecule has 0 aliphatic carbocycles. The average Bonchev–Trinajstić information content (AvgIpc) is 2.80. The highest BCUT2D eigenvalue weighted by molar-refractivity contribution is 6.03. The molecule has 1 atom stereocenters. The molecule has 156 valence electrons. The van der Waals surface area contributed by atoms with Gasteiger partial charge < -0.3 is 9.64 Å². The summed E-state index contributed by atoms with van der Waals surface area (Å²) in [6.07, 6.45) is 1.02. The van der Waals surface area contributed by atoms with Gasteiger partial charge in [0.1, 0.15) is 5.54 Å². The fraction of sp³-hybridized carbons (Fsp3) is 0.435. The van der Waals surface area contributed by atoms with Crippen LogP contribution < -0.4 is 4.90 Å². The summed E-state index contributed by atoms with van der Waals surface area (Å²) in [5, 5.41) is 1.33. The first kappa shape index (κ1) is 21.5. The molecule has 1 saturated heterocycles. The first-order chi connectivity index (χ1) is 14.1. The highest BCUT2D eigenvalue weighted by Crippen LogP contribution is 2.30. The number of rotatable bonds is 9. The van der Waals surface area contributed by atoms with Crippen LogP contribution >= 0.6 is 0 Å². The molecule has 0 N–H and O–H groups in total. The quantitative estimate of drug-likeness (QED) is 0.476. The number of Topliss-reactive ketones (excluding diaryl/α,β-unsaturated/α-hetero) is 1. The van der Waals surface area contributed by atoms with Gasteiger partial charge in [-0.2, -0.15) is 0 Å². The Kier molecular flexibility index (Phi) is 7.39. The third kappa shape index (κ3) is 4.67. The summed E-state index contributed by atoms with van der Waals surface area (Å²) < 4.78 is 5.42. The molecule has 0 aromatic heterocycles. The molecule has 6 nitrogen and oxygen atoms in total. The molecule has 0 amide bonds. The fourth-order valence-electron chi connectivity index (χ4n) is 3.91. The van der Waals surface area contributed by atoms with Crippen LogP contribution in [0.3, 0.4) is 0 Å². The first-order valence-corrected chi connectivity index (χ1v) is 10.0. The average molecular weight is 399 g/mol. The number of carbonyl (C=O) groups excluding carboxylic acids is 1. The predicted molar refractivity (Wildman–Crippen MR) is 113 cm³/mol. The maximum atomic E-state index is 13.7. The predicted octanol–water partition coefficient (Wildman–Crippen LogP) is 3.52. The summed E-state index contributed by atoms with van der Waals surface area (Å²) in [7, 11) is 3.04. The highest BCUT2D eigenvalue weighted by atomic mass is 16.9. The van der Waals surface area contributed by atoms with Crippen molar-refractivity contribution in [2.45, 2.75) is 25.3 Å². The molecule has 29 heavy (non-hydrogen) atoms. The monoisotopic (exact) mass is 398 g/mol. The molecule has 6 heteroatoms. The number of morpholine rings is 1. The van der Waals surface area contributed by atoms with Crippen molar-refractivity contribution in [2.24, 2.45) is 0 Å². The van der Waals surface area contributed by atoms with E-state index in [0.717, 1.165) is 37.6 Å². The van der Waals surface area contributed by atoms with Gasteiger partial charge in [0.15, 0.2) is 5.78 Å². The Labute approximate surface area is 172 Å². The SMILES string of the molecule is CCC(Cc1ccccc1)(C(=O)c1ccc(N2CCOCC2)cc1)N(OC)OC. The van der Waals surface area contributed by atoms with Gasteiger partial charge in [0.05, 0.1) is 27.4 Å². The van der Waals surface area contributed by atoms with E-state index >= 15 is 0 Å². The summed E-state index contributed by atoms with van der Waals surface area (Å²) in [5.74, 6) is -0.0268. The molecule has 1 unspecified atom stereocenters. The number of anilines is 1. The van der Waals surface area contributed by atoms with Gasteiger partial charge in [-0.05, 0) is 36.2 Å². The van der Waals surface area contributed by atoms with Crippen LogP contribution in [0.5, 0.6) is 0 Å². The fourth-order valence-corrected chi connectivity index (χ4v) is 3.91. The van der Waals surface area contributed by atoms with Crippen LogP contribution in [-0.2, 0) is 20.8 Å². The van der Waals surface area contributed by atoms with Crippen LogP contribution in [0.4, 0.5) is 5.69 Å². The minimum Gasteiger partial charge on any atom is -0.378 e. The Morgan fingerprint density at radius 1 is 1.03 bits per heavy atom. The number of ketones is 1. The normalized spacial score (nSPS) is 16.6. The van der Waals surface area contributed by atoms with E-state index in [1.165, 1.54) is 19.4 Å². The maximum Gasteiger partial charge on any atom is 0.188 e. The molecule has 1 heterocycles. The van der Waals surface area contributed by atoms with Gasteiger partial charge in [0.25, 0.3) is 0 Å². The van der Waals surface area contributed by atoms with Crippen molar-refractivity contribution in [2.75, 3.05) is 45.4 Å². The van der Waals surface area contributed by atoms with Gasteiger partial charge in [-0.25, -0.2) is 0 Å². The van der Waals surface area contributed by atoms with Crippen LogP contribution in [0, 0.1) is 0 Å². The van der Waals surface area contributed by atoms with Crippen molar-refractivity contribution in [1.82, 2.24) is 5.23 Å². The number of nitrogens with zero attached hydrogens (tertiary/aromatic N) is 2. The zero-order valence-corrected chi connectivity index (χ0v) is 17.5. The third-order valence-corrected chi connectivity index (χ3v) is 5.53. The molecular weight excluding hydrogens is 368 g/mol. The van der Waals surface area contributed by atoms with E-state index in [4.69, 9.17) is 14.4 Å². The zero-order chi connectivity index (χ0) is 20.7. The number of ether oxygens (including phenoxy) is 1. The molecule has 1 aliphatic heterocycles. The Morgan fingerprint density at radius 3 is 2.21 bits per heavy atom. The maximum absolute atomic E-state index is 13.7. The van der Waals surface area contributed by atoms with Crippen LogP contribution in [-0.4, -0.2) is 57.1 Å². The van der Waals surface area contributed by atoms with Crippen LogP contribution in [0.15, 0.2) is 54.6 Å². The van der Waals surface area contributed by atoms with E-state index in [2.05, 4.69) is 4.90 Å². The second kappa shape index (κ2) is 9.98. The Hall–Kier alpha value is -2.25. The summed E-state index contributed by atoms with van der Waals surface area (Å²) >= 11 is 0. The van der Waals surface area contributed by atoms with Gasteiger partial charge in [-0.1, -0.05) is 42.5 Å². The lowest BCUT2D eigenvalue weighted by atomic mass is 9.81. The summed E-state index contributed by atoms with van der Waals surface area (Å²) in [6.45, 7) is 5.16. The van der Waals surface area contributed by atoms with E-state index in [1.54, 1.807) is 0 Å². The minimum atomic E-state index is -0.967. The topological polar surface area (TPSA) is 51.2 Å². The highest BCUT2D eigenvalue weighted by Gasteiger charge is 2.45. The smallest absolute Gasteiger partial charge is 0.188 e. The molecule has 1 fully saturated rings. The van der Waals surface area contributed by atoms with Gasteiger partial charge in [-0.3, -0.25) is 14.5 Å². The van der Waals surface area contributed by atoms with E-state index in [9.17, 15) is 4.79 Å². The molecular formula is C23H30N2O4. The number of hydroxylamine groups is 2. The van der Waals surface area contributed by atoms with E-state index in [0.29, 0.717) is 18.4 Å². The Bertz CT molecular complexity index is 771. The van der Waals surface area contributed by atoms with Crippen molar-refractivity contribution < 1.29 is 19.2 Å². The van der Waals surface area contributed by atoms with Gasteiger partial charge in [-0.15, -0.1) is 0 Å². The third-order valence-electron chi connectivity index (χ3n) is 5.53. The van der Waals surface area contributed by atoms with Gasteiger partial charge in [0, 0.05) is 30.8 Å². The van der Waals surface area contributed by atoms with Crippen molar-refractivity contribution in [3.05, 3.63) is 65.7 Å². The number of carbonyl (C=O) groups is 1. The van der Waals surface area contributed by atoms with Crippen LogP contribution in [0.25, 0.3) is 0 Å². The Morgan fingerprint density at radius 2 is 1.66 bits per heavy atom. The summed E-state index contributed by atoms with van der Waals surface area (Å²) in [5.41, 5.74) is 1.82. The van der Waals surface area contributed by atoms with Gasteiger partial charge in [0.2, 0.25) is 0 Å². The number of hydrogen-bond acceptors (Lipinski definition) is 6. The van der Waals surface area contributed by atoms with E-state index in [1.807, 2.05) is 61.5 Å². The molecule has 2 aromatic rings. The zero-order valence-electron chi connectivity index (χ0n) is 17.5. The van der Waals surface area contributed by atoms with Crippen LogP contribution in [0.1, 0.15) is 29.3 Å². The lowest BCUT2D eigenvalue weighted by Gasteiger charge is -2.38. The minimum absolute atomic E-state index is 0.0268. The summed E-state index contributed by atoms with van der Waals surface area (Å²) in [4.78, 5) is 26.9. The van der Waals surface area contributed by atoms with Crippen molar-refractivity contribution in [3.8, 4) is 0 Å². The van der Waals surface area contributed by atoms with Crippen molar-refractivity contribution in [3.63, 3.8) is 0 Å². The van der Waals surface area contributed by atoms with Crippen LogP contribution in [0.2, 0.25) is 0 Å². The number of hydrogen-bond donors (Lipinski definition) is 0. The standard InChI is InChI=1S/C23H30N2O4/c1-4-23(25(27-2)28-3,18-19-8-6-5-7-9-19)22(26)20-10-12-21(13-11-20)24-14-16-29-17-15-24/h5-13H,4,14-18H2,1-3H3. The summed E-state index contributed by atoms with van der Waals surface area (Å²) in [6, 6.07) is 17.7. The van der Waals surface area contributed by atoms with E-state index < -0.39 is 5.54 Å². The molecule has 0 spiro atoms. The molecule has 0 bridgehead atoms. The van der Waals surface area contributed by atoms with Crippen molar-refractivity contribution >= 4 is 11.5 Å². The molecule has 2 aromatic carbocycles. The van der Waals surface area contributed by atoms with Crippen molar-refractivity contribution in [1.29, 1.82) is 0 Å². The second-order valence-corrected chi connectivity index (χ2v) is 7.15. The molecule has 0 saturated carbocycles. The van der Waals surface area contributed by atoms with E-state index in [-0.39, 0.29) is 5.78 Å². The molecule has 0 radical (unpaired) electrons. The molecule has 3 rings (SSSR count). The number of benzene rings is 2. The largest absolute Gasteiger partial charge is 0.378 e. The first-order valence-electron chi connectivity index (χ1n) is 10.0. The Balaban J connectivity index is 1.90. The molecule has 1 aliphatic rings. The second-order valence-electron chi connectivity index (χ2n) is 7.15.